The Morgan fingerprint density at radius 1 is 1.37 bits per heavy atom. The van der Waals surface area contributed by atoms with E-state index in [0.717, 1.165) is 5.69 Å². The minimum absolute atomic E-state index is 0.199. The normalized spacial score (nSPS) is 18.0. The van der Waals surface area contributed by atoms with Gasteiger partial charge in [0.25, 0.3) is 0 Å². The van der Waals surface area contributed by atoms with Crippen LogP contribution in [-0.4, -0.2) is 44.6 Å². The summed E-state index contributed by atoms with van der Waals surface area (Å²) in [5.41, 5.74) is 6.33. The van der Waals surface area contributed by atoms with Crippen molar-refractivity contribution in [1.82, 2.24) is 0 Å². The molecule has 0 bridgehead atoms. The molecule has 2 rings (SSSR count). The van der Waals surface area contributed by atoms with E-state index in [2.05, 4.69) is 0 Å². The van der Waals surface area contributed by atoms with Crippen molar-refractivity contribution in [3.8, 4) is 5.75 Å². The minimum atomic E-state index is -2.86. The third-order valence-electron chi connectivity index (χ3n) is 2.91. The predicted molar refractivity (Wildman–Crippen MR) is 79.6 cm³/mol. The van der Waals surface area contributed by atoms with Gasteiger partial charge in [-0.2, -0.15) is 0 Å². The van der Waals surface area contributed by atoms with E-state index >= 15 is 0 Å². The highest BCUT2D eigenvalue weighted by Crippen LogP contribution is 2.22. The Morgan fingerprint density at radius 2 is 2.05 bits per heavy atom. The molecular formula is C12H16N2O3S2. The summed E-state index contributed by atoms with van der Waals surface area (Å²) in [4.78, 5) is 2.34. The van der Waals surface area contributed by atoms with E-state index in [4.69, 9.17) is 22.7 Å². The number of ether oxygens (including phenoxy) is 1. The average molecular weight is 300 g/mol. The molecule has 1 saturated heterocycles. The molecule has 0 saturated carbocycles. The zero-order valence-electron chi connectivity index (χ0n) is 10.4. The number of hydrogen-bond acceptors (Lipinski definition) is 5. The summed E-state index contributed by atoms with van der Waals surface area (Å²) in [7, 11) is -2.86. The first-order valence-electron chi connectivity index (χ1n) is 5.93. The van der Waals surface area contributed by atoms with Crippen LogP contribution in [0.15, 0.2) is 24.3 Å². The van der Waals surface area contributed by atoms with Crippen molar-refractivity contribution >= 4 is 32.7 Å². The van der Waals surface area contributed by atoms with Crippen molar-refractivity contribution in [2.45, 2.75) is 0 Å². The van der Waals surface area contributed by atoms with Gasteiger partial charge in [0.1, 0.15) is 17.3 Å². The molecule has 0 radical (unpaired) electrons. The molecule has 0 aromatic heterocycles. The van der Waals surface area contributed by atoms with Crippen molar-refractivity contribution in [1.29, 1.82) is 0 Å². The quantitative estimate of drug-likeness (QED) is 0.820. The number of benzene rings is 1. The average Bonchev–Trinajstić information content (AvgIpc) is 2.37. The summed E-state index contributed by atoms with van der Waals surface area (Å²) in [6.07, 6.45) is 0. The molecule has 1 heterocycles. The highest BCUT2D eigenvalue weighted by atomic mass is 32.2. The number of rotatable bonds is 4. The number of nitrogens with zero attached hydrogens (tertiary/aromatic N) is 1. The predicted octanol–water partition coefficient (Wildman–Crippen LogP) is 0.586. The standard InChI is InChI=1S/C12H16N2O3S2/c13-12(18)9-17-11-3-1-2-10(8-11)14-4-6-19(15,16)7-5-14/h1-3,8H,4-7,9H2,(H2,13,18). The summed E-state index contributed by atoms with van der Waals surface area (Å²) in [6, 6.07) is 7.50. The molecule has 5 nitrogen and oxygen atoms in total. The van der Waals surface area contributed by atoms with Crippen molar-refractivity contribution in [3.63, 3.8) is 0 Å². The maximum Gasteiger partial charge on any atom is 0.153 e. The van der Waals surface area contributed by atoms with E-state index < -0.39 is 9.84 Å². The van der Waals surface area contributed by atoms with Crippen LogP contribution in [0.3, 0.4) is 0 Å². The third-order valence-corrected chi connectivity index (χ3v) is 4.64. The molecule has 1 aromatic carbocycles. The Kier molecular flexibility index (Phi) is 4.26. The number of thiocarbonyl (C=S) groups is 1. The Morgan fingerprint density at radius 3 is 2.68 bits per heavy atom. The lowest BCUT2D eigenvalue weighted by Crippen LogP contribution is -2.40. The van der Waals surface area contributed by atoms with Crippen molar-refractivity contribution in [3.05, 3.63) is 24.3 Å². The highest BCUT2D eigenvalue weighted by molar-refractivity contribution is 7.91. The van der Waals surface area contributed by atoms with Gasteiger partial charge in [0, 0.05) is 24.8 Å². The lowest BCUT2D eigenvalue weighted by atomic mass is 10.2. The van der Waals surface area contributed by atoms with Crippen LogP contribution in [0.4, 0.5) is 5.69 Å². The van der Waals surface area contributed by atoms with Gasteiger partial charge in [-0.3, -0.25) is 0 Å². The van der Waals surface area contributed by atoms with E-state index in [1.165, 1.54) is 0 Å². The van der Waals surface area contributed by atoms with Crippen molar-refractivity contribution in [2.75, 3.05) is 36.1 Å². The Bertz CT molecular complexity index is 558. The van der Waals surface area contributed by atoms with E-state index in [9.17, 15) is 8.42 Å². The molecule has 7 heteroatoms. The van der Waals surface area contributed by atoms with Gasteiger partial charge in [0.15, 0.2) is 9.84 Å². The third kappa shape index (κ3) is 4.07. The molecule has 0 amide bonds. The molecule has 1 aliphatic heterocycles. The Labute approximate surface area is 118 Å². The zero-order valence-corrected chi connectivity index (χ0v) is 12.0. The molecule has 19 heavy (non-hydrogen) atoms. The molecular weight excluding hydrogens is 284 g/mol. The topological polar surface area (TPSA) is 72.6 Å². The van der Waals surface area contributed by atoms with Crippen LogP contribution in [-0.2, 0) is 9.84 Å². The van der Waals surface area contributed by atoms with E-state index in [1.807, 2.05) is 29.2 Å². The Hall–Kier alpha value is -1.34. The molecule has 0 spiro atoms. The molecule has 1 aromatic rings. The monoisotopic (exact) mass is 300 g/mol. The molecule has 1 fully saturated rings. The lowest BCUT2D eigenvalue weighted by Gasteiger charge is -2.28. The van der Waals surface area contributed by atoms with Crippen LogP contribution in [0.25, 0.3) is 0 Å². The van der Waals surface area contributed by atoms with Gasteiger partial charge in [-0.25, -0.2) is 8.42 Å². The van der Waals surface area contributed by atoms with Gasteiger partial charge in [-0.1, -0.05) is 18.3 Å². The fourth-order valence-corrected chi connectivity index (χ4v) is 3.16. The molecule has 0 unspecified atom stereocenters. The lowest BCUT2D eigenvalue weighted by molar-refractivity contribution is 0.377. The minimum Gasteiger partial charge on any atom is -0.486 e. The second-order valence-corrected chi connectivity index (χ2v) is 7.22. The van der Waals surface area contributed by atoms with Crippen LogP contribution in [0.2, 0.25) is 0 Å². The number of anilines is 1. The second-order valence-electron chi connectivity index (χ2n) is 4.39. The van der Waals surface area contributed by atoms with Crippen molar-refractivity contribution < 1.29 is 13.2 Å². The number of sulfone groups is 1. The van der Waals surface area contributed by atoms with Gasteiger partial charge < -0.3 is 15.4 Å². The largest absolute Gasteiger partial charge is 0.486 e. The Balaban J connectivity index is 2.05. The van der Waals surface area contributed by atoms with Crippen LogP contribution < -0.4 is 15.4 Å². The molecule has 104 valence electrons. The SMILES string of the molecule is NC(=S)COc1cccc(N2CCS(=O)(=O)CC2)c1. The summed E-state index contributed by atoms with van der Waals surface area (Å²) >= 11 is 4.75. The summed E-state index contributed by atoms with van der Waals surface area (Å²) in [6.45, 7) is 1.23. The maximum atomic E-state index is 11.4. The van der Waals surface area contributed by atoms with Gasteiger partial charge in [-0.15, -0.1) is 0 Å². The molecule has 0 atom stereocenters. The summed E-state index contributed by atoms with van der Waals surface area (Å²) in [5.74, 6) is 1.08. The van der Waals surface area contributed by atoms with Crippen LogP contribution >= 0.6 is 12.2 Å². The first-order chi connectivity index (χ1) is 8.96. The van der Waals surface area contributed by atoms with Gasteiger partial charge in [-0.05, 0) is 12.1 Å². The molecule has 1 aliphatic rings. The van der Waals surface area contributed by atoms with Crippen LogP contribution in [0.1, 0.15) is 0 Å². The summed E-state index contributed by atoms with van der Waals surface area (Å²) < 4.78 is 28.2. The van der Waals surface area contributed by atoms with Crippen molar-refractivity contribution in [2.24, 2.45) is 5.73 Å². The van der Waals surface area contributed by atoms with Gasteiger partial charge in [0.05, 0.1) is 11.5 Å². The zero-order chi connectivity index (χ0) is 13.9. The van der Waals surface area contributed by atoms with Gasteiger partial charge >= 0.3 is 0 Å². The number of nitrogens with two attached hydrogens (primary N) is 1. The first kappa shape index (κ1) is 14.1. The molecule has 0 aliphatic carbocycles. The second kappa shape index (κ2) is 5.75. The number of hydrogen-bond donors (Lipinski definition) is 1. The van der Waals surface area contributed by atoms with Crippen LogP contribution in [0, 0.1) is 0 Å². The van der Waals surface area contributed by atoms with Gasteiger partial charge in [0.2, 0.25) is 0 Å². The molecule has 2 N–H and O–H groups in total. The fraction of sp³-hybridized carbons (Fsp3) is 0.417. The van der Waals surface area contributed by atoms with E-state index in [1.54, 1.807) is 0 Å². The highest BCUT2D eigenvalue weighted by Gasteiger charge is 2.21. The van der Waals surface area contributed by atoms with E-state index in [-0.39, 0.29) is 18.1 Å². The van der Waals surface area contributed by atoms with Crippen LogP contribution in [0.5, 0.6) is 5.75 Å². The first-order valence-corrected chi connectivity index (χ1v) is 8.16. The summed E-state index contributed by atoms with van der Waals surface area (Å²) in [5, 5.41) is 0. The fourth-order valence-electron chi connectivity index (χ4n) is 1.90. The smallest absolute Gasteiger partial charge is 0.153 e. The maximum absolute atomic E-state index is 11.4. The van der Waals surface area contributed by atoms with E-state index in [0.29, 0.717) is 23.8 Å².